The first-order valence-electron chi connectivity index (χ1n) is 6.39. The van der Waals surface area contributed by atoms with E-state index in [1.807, 2.05) is 0 Å². The maximum absolute atomic E-state index is 3.56. The van der Waals surface area contributed by atoms with E-state index in [9.17, 15) is 0 Å². The second-order valence-corrected chi connectivity index (χ2v) is 5.39. The Balaban J connectivity index is 2.42. The van der Waals surface area contributed by atoms with Crippen LogP contribution >= 0.6 is 0 Å². The number of hydrogen-bond donors (Lipinski definition) is 1. The first kappa shape index (κ1) is 10.8. The third-order valence-electron chi connectivity index (χ3n) is 4.11. The lowest BCUT2D eigenvalue weighted by Gasteiger charge is -2.21. The minimum Gasteiger partial charge on any atom is -0.346 e. The SMILES string of the molecule is Cc1ccc(C)c2c1c1c(n2C)CNC(C)C1. The molecule has 90 valence electrons. The second-order valence-electron chi connectivity index (χ2n) is 5.39. The van der Waals surface area contributed by atoms with Gasteiger partial charge in [0.15, 0.2) is 0 Å². The Labute approximate surface area is 103 Å². The summed E-state index contributed by atoms with van der Waals surface area (Å²) in [5.74, 6) is 0. The van der Waals surface area contributed by atoms with Gasteiger partial charge in [0.2, 0.25) is 0 Å². The predicted octanol–water partition coefficient (Wildman–Crippen LogP) is 2.83. The quantitative estimate of drug-likeness (QED) is 0.733. The number of rotatable bonds is 0. The van der Waals surface area contributed by atoms with Gasteiger partial charge in [-0.25, -0.2) is 0 Å². The summed E-state index contributed by atoms with van der Waals surface area (Å²) in [6.45, 7) is 7.71. The monoisotopic (exact) mass is 228 g/mol. The highest BCUT2D eigenvalue weighted by molar-refractivity contribution is 5.91. The topological polar surface area (TPSA) is 17.0 Å². The summed E-state index contributed by atoms with van der Waals surface area (Å²) < 4.78 is 2.38. The van der Waals surface area contributed by atoms with Crippen molar-refractivity contribution in [1.29, 1.82) is 0 Å². The van der Waals surface area contributed by atoms with Crippen LogP contribution in [0.2, 0.25) is 0 Å². The minimum atomic E-state index is 0.591. The Kier molecular flexibility index (Phi) is 2.30. The first-order chi connectivity index (χ1) is 8.09. The number of aryl methyl sites for hydroxylation is 3. The van der Waals surface area contributed by atoms with E-state index < -0.39 is 0 Å². The molecule has 17 heavy (non-hydrogen) atoms. The molecule has 1 aliphatic rings. The minimum absolute atomic E-state index is 0.591. The van der Waals surface area contributed by atoms with E-state index in [-0.39, 0.29) is 0 Å². The Morgan fingerprint density at radius 2 is 1.94 bits per heavy atom. The van der Waals surface area contributed by atoms with Crippen molar-refractivity contribution >= 4 is 10.9 Å². The molecule has 2 heterocycles. The van der Waals surface area contributed by atoms with Gasteiger partial charge in [0.1, 0.15) is 0 Å². The number of benzene rings is 1. The van der Waals surface area contributed by atoms with Crippen LogP contribution in [0.3, 0.4) is 0 Å². The molecule has 1 atom stereocenters. The Morgan fingerprint density at radius 1 is 1.24 bits per heavy atom. The number of fused-ring (bicyclic) bond motifs is 3. The standard InChI is InChI=1S/C15H20N2/c1-9-5-6-10(2)15-14(9)12-7-11(3)16-8-13(12)17(15)4/h5-6,11,16H,7-8H2,1-4H3. The van der Waals surface area contributed by atoms with Gasteiger partial charge in [-0.3, -0.25) is 0 Å². The van der Waals surface area contributed by atoms with Crippen LogP contribution in [0.1, 0.15) is 29.3 Å². The normalized spacial score (nSPS) is 19.6. The highest BCUT2D eigenvalue weighted by Crippen LogP contribution is 2.33. The number of hydrogen-bond acceptors (Lipinski definition) is 1. The Hall–Kier alpha value is -1.28. The highest BCUT2D eigenvalue weighted by Gasteiger charge is 2.23. The maximum Gasteiger partial charge on any atom is 0.0515 e. The molecule has 1 aromatic carbocycles. The van der Waals surface area contributed by atoms with E-state index in [2.05, 4.69) is 49.8 Å². The molecule has 0 aliphatic carbocycles. The third kappa shape index (κ3) is 1.44. The van der Waals surface area contributed by atoms with Crippen molar-refractivity contribution in [3.63, 3.8) is 0 Å². The average Bonchev–Trinajstić information content (AvgIpc) is 2.58. The van der Waals surface area contributed by atoms with Gasteiger partial charge in [-0.05, 0) is 43.9 Å². The zero-order valence-corrected chi connectivity index (χ0v) is 11.1. The lowest BCUT2D eigenvalue weighted by Crippen LogP contribution is -2.33. The molecule has 0 bridgehead atoms. The molecule has 0 saturated carbocycles. The van der Waals surface area contributed by atoms with Gasteiger partial charge in [-0.1, -0.05) is 12.1 Å². The molecule has 1 aliphatic heterocycles. The van der Waals surface area contributed by atoms with Crippen molar-refractivity contribution in [2.45, 2.75) is 39.8 Å². The summed E-state index contributed by atoms with van der Waals surface area (Å²) in [7, 11) is 2.20. The van der Waals surface area contributed by atoms with Crippen molar-refractivity contribution in [1.82, 2.24) is 9.88 Å². The van der Waals surface area contributed by atoms with Crippen LogP contribution in [0.25, 0.3) is 10.9 Å². The fourth-order valence-electron chi connectivity index (χ4n) is 3.19. The lowest BCUT2D eigenvalue weighted by molar-refractivity contribution is 0.500. The Bertz CT molecular complexity index is 593. The van der Waals surface area contributed by atoms with E-state index in [1.54, 1.807) is 5.56 Å². The summed E-state index contributed by atoms with van der Waals surface area (Å²) in [5, 5.41) is 5.05. The predicted molar refractivity (Wildman–Crippen MR) is 72.4 cm³/mol. The van der Waals surface area contributed by atoms with Gasteiger partial charge in [0.05, 0.1) is 5.52 Å². The molecule has 1 unspecified atom stereocenters. The molecule has 3 rings (SSSR count). The zero-order valence-electron chi connectivity index (χ0n) is 11.1. The molecule has 0 amide bonds. The van der Waals surface area contributed by atoms with Crippen molar-refractivity contribution < 1.29 is 0 Å². The number of aromatic nitrogens is 1. The summed E-state index contributed by atoms with van der Waals surface area (Å²) in [4.78, 5) is 0. The van der Waals surface area contributed by atoms with Gasteiger partial charge in [-0.2, -0.15) is 0 Å². The Morgan fingerprint density at radius 3 is 2.71 bits per heavy atom. The number of nitrogens with zero attached hydrogens (tertiary/aromatic N) is 1. The van der Waals surface area contributed by atoms with Crippen molar-refractivity contribution in [2.75, 3.05) is 0 Å². The largest absolute Gasteiger partial charge is 0.346 e. The van der Waals surface area contributed by atoms with Crippen LogP contribution in [0.5, 0.6) is 0 Å². The van der Waals surface area contributed by atoms with E-state index in [1.165, 1.54) is 27.7 Å². The van der Waals surface area contributed by atoms with Crippen LogP contribution in [0, 0.1) is 13.8 Å². The van der Waals surface area contributed by atoms with Crippen LogP contribution in [-0.2, 0) is 20.0 Å². The fourth-order valence-corrected chi connectivity index (χ4v) is 3.19. The lowest BCUT2D eigenvalue weighted by atomic mass is 9.96. The summed E-state index contributed by atoms with van der Waals surface area (Å²) in [6, 6.07) is 5.08. The second kappa shape index (κ2) is 3.61. The van der Waals surface area contributed by atoms with E-state index in [0.29, 0.717) is 6.04 Å². The van der Waals surface area contributed by atoms with E-state index in [4.69, 9.17) is 0 Å². The van der Waals surface area contributed by atoms with E-state index >= 15 is 0 Å². The van der Waals surface area contributed by atoms with Crippen LogP contribution in [0.4, 0.5) is 0 Å². The molecular formula is C15H20N2. The van der Waals surface area contributed by atoms with Crippen LogP contribution in [0.15, 0.2) is 12.1 Å². The van der Waals surface area contributed by atoms with E-state index in [0.717, 1.165) is 13.0 Å². The molecule has 0 spiro atoms. The zero-order chi connectivity index (χ0) is 12.2. The van der Waals surface area contributed by atoms with Crippen molar-refractivity contribution in [3.05, 3.63) is 34.5 Å². The smallest absolute Gasteiger partial charge is 0.0515 e. The molecule has 2 aromatic rings. The summed E-state index contributed by atoms with van der Waals surface area (Å²) in [5.41, 5.74) is 7.25. The van der Waals surface area contributed by atoms with Crippen molar-refractivity contribution in [3.8, 4) is 0 Å². The van der Waals surface area contributed by atoms with Crippen LogP contribution in [-0.4, -0.2) is 10.6 Å². The van der Waals surface area contributed by atoms with Gasteiger partial charge in [0.25, 0.3) is 0 Å². The van der Waals surface area contributed by atoms with Gasteiger partial charge >= 0.3 is 0 Å². The third-order valence-corrected chi connectivity index (χ3v) is 4.11. The summed E-state index contributed by atoms with van der Waals surface area (Å²) >= 11 is 0. The molecule has 0 fully saturated rings. The average molecular weight is 228 g/mol. The first-order valence-corrected chi connectivity index (χ1v) is 6.39. The van der Waals surface area contributed by atoms with Gasteiger partial charge in [-0.15, -0.1) is 0 Å². The fraction of sp³-hybridized carbons (Fsp3) is 0.467. The van der Waals surface area contributed by atoms with Crippen molar-refractivity contribution in [2.24, 2.45) is 7.05 Å². The molecule has 1 N–H and O–H groups in total. The molecular weight excluding hydrogens is 208 g/mol. The van der Waals surface area contributed by atoms with Gasteiger partial charge < -0.3 is 9.88 Å². The van der Waals surface area contributed by atoms with Gasteiger partial charge in [0, 0.05) is 30.7 Å². The molecule has 2 heteroatoms. The molecule has 0 saturated heterocycles. The molecule has 2 nitrogen and oxygen atoms in total. The maximum atomic E-state index is 3.56. The highest BCUT2D eigenvalue weighted by atomic mass is 15.0. The summed E-state index contributed by atoms with van der Waals surface area (Å²) in [6.07, 6.45) is 1.15. The van der Waals surface area contributed by atoms with Crippen LogP contribution < -0.4 is 5.32 Å². The number of nitrogens with one attached hydrogen (secondary N) is 1. The molecule has 1 aromatic heterocycles. The molecule has 0 radical (unpaired) electrons.